The van der Waals surface area contributed by atoms with E-state index in [1.807, 2.05) is 6.21 Å². The topological polar surface area (TPSA) is 15.6 Å². The van der Waals surface area contributed by atoms with Crippen LogP contribution in [0.5, 0.6) is 0 Å². The highest BCUT2D eigenvalue weighted by atomic mass is 15.2. The van der Waals surface area contributed by atoms with E-state index in [2.05, 4.69) is 217 Å². The molecule has 0 atom stereocenters. The molecular weight excluding hydrogens is 689 g/mol. The van der Waals surface area contributed by atoms with Gasteiger partial charge in [0.25, 0.3) is 0 Å². The number of hydrogen-bond acceptors (Lipinski definition) is 2. The van der Waals surface area contributed by atoms with Crippen molar-refractivity contribution in [2.24, 2.45) is 4.99 Å². The van der Waals surface area contributed by atoms with E-state index >= 15 is 0 Å². The maximum Gasteiger partial charge on any atom is 0.0754 e. The van der Waals surface area contributed by atoms with Gasteiger partial charge in [0.2, 0.25) is 0 Å². The molecule has 2 nitrogen and oxygen atoms in total. The minimum atomic E-state index is -0.486. The molecule has 11 rings (SSSR count). The van der Waals surface area contributed by atoms with E-state index in [0.29, 0.717) is 6.54 Å². The first-order chi connectivity index (χ1) is 28.3. The van der Waals surface area contributed by atoms with Gasteiger partial charge in [0, 0.05) is 11.9 Å². The molecule has 0 saturated heterocycles. The molecule has 0 aromatic heterocycles. The Balaban J connectivity index is 0.992. The zero-order chi connectivity index (χ0) is 37.8. The van der Waals surface area contributed by atoms with E-state index in [1.165, 1.54) is 83.3 Å². The van der Waals surface area contributed by atoms with Crippen molar-refractivity contribution >= 4 is 34.0 Å². The summed E-state index contributed by atoms with van der Waals surface area (Å²) in [6, 6.07) is 77.7. The van der Waals surface area contributed by atoms with Crippen molar-refractivity contribution in [1.82, 2.24) is 0 Å². The van der Waals surface area contributed by atoms with Gasteiger partial charge in [-0.05, 0) is 126 Å². The molecule has 2 heteroatoms. The quantitative estimate of drug-likeness (QED) is 0.156. The standard InChI is InChI=1S/C55H38N2/c1-2-20-46(21-3-1)57-53-26-10-8-24-50(53)55(51-25-9-11-27-54(51)57)49-23-7-6-22-47(49)48-31-30-45(35-52(48)55)44-19-13-18-43(34-44)42-17-12-14-38(32-42)36-56-37-39-28-29-40-15-4-5-16-41(40)33-39/h1-35,37H,36H2/b56-37+. The van der Waals surface area contributed by atoms with E-state index in [1.54, 1.807) is 0 Å². The molecule has 1 aliphatic heterocycles. The fourth-order valence-corrected chi connectivity index (χ4v) is 9.41. The number of para-hydroxylation sites is 3. The van der Waals surface area contributed by atoms with Crippen molar-refractivity contribution in [3.8, 4) is 33.4 Å². The van der Waals surface area contributed by atoms with Crippen LogP contribution < -0.4 is 4.90 Å². The second-order valence-corrected chi connectivity index (χ2v) is 15.1. The molecule has 0 amide bonds. The Morgan fingerprint density at radius 3 is 1.77 bits per heavy atom. The van der Waals surface area contributed by atoms with Crippen LogP contribution >= 0.6 is 0 Å². The van der Waals surface area contributed by atoms with Crippen molar-refractivity contribution < 1.29 is 0 Å². The van der Waals surface area contributed by atoms with Gasteiger partial charge in [0.15, 0.2) is 0 Å². The molecule has 2 aliphatic rings. The summed E-state index contributed by atoms with van der Waals surface area (Å²) >= 11 is 0. The second kappa shape index (κ2) is 13.5. The van der Waals surface area contributed by atoms with Gasteiger partial charge in [-0.2, -0.15) is 0 Å². The third-order valence-corrected chi connectivity index (χ3v) is 11.9. The maximum atomic E-state index is 4.84. The van der Waals surface area contributed by atoms with Crippen molar-refractivity contribution in [2.45, 2.75) is 12.0 Å². The SMILES string of the molecule is C(=N\Cc1cccc(-c2cccc(-c3ccc4c(c3)C3(c5ccccc5-4)c4ccccc4N(c4ccccc4)c4ccccc43)c2)c1)/c1ccc2ccccc2c1. The summed E-state index contributed by atoms with van der Waals surface area (Å²) in [5, 5.41) is 2.48. The number of aliphatic imine (C=N–C) groups is 1. The molecule has 1 spiro atoms. The highest BCUT2D eigenvalue weighted by Gasteiger charge is 2.51. The van der Waals surface area contributed by atoms with Gasteiger partial charge in [0.1, 0.15) is 0 Å². The first-order valence-corrected chi connectivity index (χ1v) is 19.7. The molecule has 57 heavy (non-hydrogen) atoms. The van der Waals surface area contributed by atoms with Gasteiger partial charge in [-0.25, -0.2) is 0 Å². The third kappa shape index (κ3) is 5.37. The Bertz CT molecular complexity index is 2960. The molecule has 268 valence electrons. The highest BCUT2D eigenvalue weighted by molar-refractivity contribution is 5.97. The number of benzene rings is 9. The summed E-state index contributed by atoms with van der Waals surface area (Å²) in [5.41, 5.74) is 18.0. The first kappa shape index (κ1) is 33.1. The van der Waals surface area contributed by atoms with E-state index in [0.717, 1.165) is 11.3 Å². The van der Waals surface area contributed by atoms with Crippen LogP contribution in [-0.2, 0) is 12.0 Å². The number of hydrogen-bond donors (Lipinski definition) is 0. The third-order valence-electron chi connectivity index (χ3n) is 11.9. The molecule has 0 unspecified atom stereocenters. The zero-order valence-electron chi connectivity index (χ0n) is 31.4. The van der Waals surface area contributed by atoms with Crippen LogP contribution in [0.4, 0.5) is 17.1 Å². The summed E-state index contributed by atoms with van der Waals surface area (Å²) in [6.45, 7) is 0.623. The molecular formula is C55H38N2. The van der Waals surface area contributed by atoms with Crippen LogP contribution in [0, 0.1) is 0 Å². The summed E-state index contributed by atoms with van der Waals surface area (Å²) in [6.07, 6.45) is 1.99. The number of fused-ring (bicyclic) bond motifs is 10. The maximum absolute atomic E-state index is 4.84. The predicted molar refractivity (Wildman–Crippen MR) is 238 cm³/mol. The smallest absolute Gasteiger partial charge is 0.0754 e. The summed E-state index contributed by atoms with van der Waals surface area (Å²) in [4.78, 5) is 7.27. The van der Waals surface area contributed by atoms with Crippen LogP contribution in [0.2, 0.25) is 0 Å². The van der Waals surface area contributed by atoms with Crippen molar-refractivity contribution in [3.05, 3.63) is 246 Å². The Hall–Kier alpha value is -7.29. The average Bonchev–Trinajstić information content (AvgIpc) is 3.57. The van der Waals surface area contributed by atoms with Crippen molar-refractivity contribution in [1.29, 1.82) is 0 Å². The van der Waals surface area contributed by atoms with Crippen LogP contribution in [0.3, 0.4) is 0 Å². The number of nitrogens with zero attached hydrogens (tertiary/aromatic N) is 2. The fourth-order valence-electron chi connectivity index (χ4n) is 9.41. The van der Waals surface area contributed by atoms with Gasteiger partial charge in [-0.1, -0.05) is 164 Å². The number of anilines is 3. The van der Waals surface area contributed by atoms with E-state index < -0.39 is 5.41 Å². The highest BCUT2D eigenvalue weighted by Crippen LogP contribution is 2.63. The lowest BCUT2D eigenvalue weighted by Crippen LogP contribution is -2.36. The van der Waals surface area contributed by atoms with Gasteiger partial charge < -0.3 is 4.90 Å². The minimum Gasteiger partial charge on any atom is -0.310 e. The molecule has 0 fully saturated rings. The van der Waals surface area contributed by atoms with Crippen molar-refractivity contribution in [2.75, 3.05) is 4.90 Å². The fraction of sp³-hybridized carbons (Fsp3) is 0.0364. The van der Waals surface area contributed by atoms with Gasteiger partial charge >= 0.3 is 0 Å². The molecule has 0 bridgehead atoms. The van der Waals surface area contributed by atoms with Gasteiger partial charge in [-0.3, -0.25) is 4.99 Å². The molecule has 1 heterocycles. The lowest BCUT2D eigenvalue weighted by Gasteiger charge is -2.45. The monoisotopic (exact) mass is 726 g/mol. The zero-order valence-corrected chi connectivity index (χ0v) is 31.4. The van der Waals surface area contributed by atoms with E-state index in [9.17, 15) is 0 Å². The Kier molecular flexibility index (Phi) is 7.82. The molecule has 9 aromatic rings. The predicted octanol–water partition coefficient (Wildman–Crippen LogP) is 13.9. The molecule has 9 aromatic carbocycles. The van der Waals surface area contributed by atoms with Crippen LogP contribution in [0.25, 0.3) is 44.2 Å². The lowest BCUT2D eigenvalue weighted by atomic mass is 9.64. The number of rotatable bonds is 6. The van der Waals surface area contributed by atoms with E-state index in [4.69, 9.17) is 4.99 Å². The van der Waals surface area contributed by atoms with Gasteiger partial charge in [-0.15, -0.1) is 0 Å². The first-order valence-electron chi connectivity index (χ1n) is 19.7. The Labute approximate surface area is 333 Å². The average molecular weight is 727 g/mol. The largest absolute Gasteiger partial charge is 0.310 e. The van der Waals surface area contributed by atoms with Crippen LogP contribution in [0.15, 0.2) is 217 Å². The van der Waals surface area contributed by atoms with Gasteiger partial charge in [0.05, 0.1) is 23.3 Å². The summed E-state index contributed by atoms with van der Waals surface area (Å²) in [7, 11) is 0. The Morgan fingerprint density at radius 2 is 1.00 bits per heavy atom. The molecule has 1 aliphatic carbocycles. The molecule has 0 saturated carbocycles. The lowest BCUT2D eigenvalue weighted by molar-refractivity contribution is 0.753. The normalized spacial score (nSPS) is 13.4. The summed E-state index contributed by atoms with van der Waals surface area (Å²) in [5.74, 6) is 0. The summed E-state index contributed by atoms with van der Waals surface area (Å²) < 4.78 is 0. The molecule has 0 radical (unpaired) electrons. The Morgan fingerprint density at radius 1 is 0.404 bits per heavy atom. The van der Waals surface area contributed by atoms with E-state index in [-0.39, 0.29) is 0 Å². The second-order valence-electron chi connectivity index (χ2n) is 15.1. The van der Waals surface area contributed by atoms with Crippen LogP contribution in [0.1, 0.15) is 33.4 Å². The molecule has 0 N–H and O–H groups in total. The minimum absolute atomic E-state index is 0.486. The van der Waals surface area contributed by atoms with Crippen LogP contribution in [-0.4, -0.2) is 6.21 Å². The van der Waals surface area contributed by atoms with Crippen molar-refractivity contribution in [3.63, 3.8) is 0 Å².